The van der Waals surface area contributed by atoms with Gasteiger partial charge in [-0.05, 0) is 42.6 Å². The molecule has 0 fully saturated rings. The van der Waals surface area contributed by atoms with E-state index in [4.69, 9.17) is 16.2 Å². The molecule has 0 heterocycles. The van der Waals surface area contributed by atoms with Gasteiger partial charge in [0.25, 0.3) is 0 Å². The summed E-state index contributed by atoms with van der Waals surface area (Å²) in [5.74, 6) is -0.419. The molecule has 2 aromatic rings. The maximum atomic E-state index is 12.7. The van der Waals surface area contributed by atoms with Crippen LogP contribution in [-0.2, 0) is 22.7 Å². The van der Waals surface area contributed by atoms with Crippen molar-refractivity contribution < 1.29 is 19.4 Å². The minimum atomic E-state index is -0.838. The van der Waals surface area contributed by atoms with Crippen molar-refractivity contribution >= 4 is 12.0 Å². The van der Waals surface area contributed by atoms with E-state index in [1.807, 2.05) is 30.3 Å². The molecule has 0 radical (unpaired) electrons. The van der Waals surface area contributed by atoms with Crippen LogP contribution in [0.1, 0.15) is 24.0 Å². The van der Waals surface area contributed by atoms with Crippen molar-refractivity contribution in [3.05, 3.63) is 65.7 Å². The highest BCUT2D eigenvalue weighted by Gasteiger charge is 2.27. The van der Waals surface area contributed by atoms with Crippen LogP contribution in [-0.4, -0.2) is 34.6 Å². The average Bonchev–Trinajstić information content (AvgIpc) is 2.70. The number of nitrogens with zero attached hydrogens (tertiary/aromatic N) is 1. The highest BCUT2D eigenvalue weighted by Crippen LogP contribution is 2.14. The van der Waals surface area contributed by atoms with Gasteiger partial charge in [-0.15, -0.1) is 0 Å². The summed E-state index contributed by atoms with van der Waals surface area (Å²) >= 11 is 0. The predicted octanol–water partition coefficient (Wildman–Crippen LogP) is 2.12. The monoisotopic (exact) mass is 371 g/mol. The number of benzene rings is 2. The zero-order chi connectivity index (χ0) is 19.6. The molecule has 1 unspecified atom stereocenters. The number of rotatable bonds is 8. The molecule has 27 heavy (non-hydrogen) atoms. The Morgan fingerprint density at radius 1 is 1.04 bits per heavy atom. The molecule has 7 nitrogen and oxygen atoms in total. The molecule has 2 amide bonds. The molecule has 5 N–H and O–H groups in total. The summed E-state index contributed by atoms with van der Waals surface area (Å²) in [6.07, 6.45) is 0.201. The number of amides is 2. The zero-order valence-corrected chi connectivity index (χ0v) is 15.1. The first-order valence-corrected chi connectivity index (χ1v) is 8.77. The molecule has 0 saturated carbocycles. The first kappa shape index (κ1) is 20.4. The Labute approximate surface area is 158 Å². The van der Waals surface area contributed by atoms with E-state index in [2.05, 4.69) is 0 Å². The van der Waals surface area contributed by atoms with Crippen molar-refractivity contribution in [3.8, 4) is 5.75 Å². The first-order chi connectivity index (χ1) is 13.0. The Hall–Kier alpha value is -2.90. The van der Waals surface area contributed by atoms with E-state index in [1.54, 1.807) is 12.1 Å². The highest BCUT2D eigenvalue weighted by atomic mass is 16.6. The van der Waals surface area contributed by atoms with Crippen LogP contribution in [0.4, 0.5) is 4.79 Å². The molecular formula is C20H25N3O4. The SMILES string of the molecule is NCCCC(N)C(=O)N(Cc1ccc(O)cc1)C(=O)OCc1ccccc1. The molecule has 7 heteroatoms. The lowest BCUT2D eigenvalue weighted by atomic mass is 10.1. The molecule has 0 saturated heterocycles. The second-order valence-corrected chi connectivity index (χ2v) is 6.17. The molecule has 1 atom stereocenters. The minimum Gasteiger partial charge on any atom is -0.508 e. The van der Waals surface area contributed by atoms with E-state index in [1.165, 1.54) is 12.1 Å². The van der Waals surface area contributed by atoms with Gasteiger partial charge in [-0.2, -0.15) is 0 Å². The molecule has 144 valence electrons. The summed E-state index contributed by atoms with van der Waals surface area (Å²) in [6, 6.07) is 14.6. The van der Waals surface area contributed by atoms with Crippen LogP contribution in [0.3, 0.4) is 0 Å². The number of ether oxygens (including phenoxy) is 1. The molecular weight excluding hydrogens is 346 g/mol. The summed E-state index contributed by atoms with van der Waals surface area (Å²) in [5.41, 5.74) is 12.9. The van der Waals surface area contributed by atoms with Crippen molar-refractivity contribution in [2.75, 3.05) is 6.54 Å². The van der Waals surface area contributed by atoms with Gasteiger partial charge in [0.15, 0.2) is 0 Å². The van der Waals surface area contributed by atoms with E-state index in [0.29, 0.717) is 24.9 Å². The maximum Gasteiger partial charge on any atom is 0.417 e. The third kappa shape index (κ3) is 6.40. The lowest BCUT2D eigenvalue weighted by molar-refractivity contribution is -0.131. The van der Waals surface area contributed by atoms with E-state index in [0.717, 1.165) is 10.5 Å². The fourth-order valence-corrected chi connectivity index (χ4v) is 2.48. The van der Waals surface area contributed by atoms with Crippen molar-refractivity contribution in [1.29, 1.82) is 0 Å². The van der Waals surface area contributed by atoms with E-state index in [9.17, 15) is 14.7 Å². The number of hydrogen-bond acceptors (Lipinski definition) is 6. The van der Waals surface area contributed by atoms with Crippen molar-refractivity contribution in [2.45, 2.75) is 32.0 Å². The van der Waals surface area contributed by atoms with Gasteiger partial charge in [-0.25, -0.2) is 9.69 Å². The van der Waals surface area contributed by atoms with Gasteiger partial charge >= 0.3 is 6.09 Å². The lowest BCUT2D eigenvalue weighted by Crippen LogP contribution is -2.46. The van der Waals surface area contributed by atoms with Gasteiger partial charge in [-0.1, -0.05) is 42.5 Å². The standard InChI is InChI=1S/C20H25N3O4/c21-12-4-7-18(22)19(25)23(13-15-8-10-17(24)11-9-15)20(26)27-14-16-5-2-1-3-6-16/h1-3,5-6,8-11,18,24H,4,7,12-14,21-22H2. The van der Waals surface area contributed by atoms with Crippen LogP contribution in [0.15, 0.2) is 54.6 Å². The van der Waals surface area contributed by atoms with Gasteiger partial charge in [0.2, 0.25) is 5.91 Å². The van der Waals surface area contributed by atoms with Crippen LogP contribution in [0.2, 0.25) is 0 Å². The number of imide groups is 1. The van der Waals surface area contributed by atoms with Crippen LogP contribution < -0.4 is 11.5 Å². The summed E-state index contributed by atoms with van der Waals surface area (Å²) < 4.78 is 5.30. The van der Waals surface area contributed by atoms with Crippen molar-refractivity contribution in [3.63, 3.8) is 0 Å². The largest absolute Gasteiger partial charge is 0.508 e. The molecule has 0 aliphatic rings. The average molecular weight is 371 g/mol. The lowest BCUT2D eigenvalue weighted by Gasteiger charge is -2.23. The van der Waals surface area contributed by atoms with Crippen LogP contribution in [0, 0.1) is 0 Å². The molecule has 0 aromatic heterocycles. The van der Waals surface area contributed by atoms with E-state index < -0.39 is 18.0 Å². The van der Waals surface area contributed by atoms with E-state index in [-0.39, 0.29) is 18.9 Å². The van der Waals surface area contributed by atoms with Gasteiger partial charge in [0, 0.05) is 0 Å². The second-order valence-electron chi connectivity index (χ2n) is 6.17. The Morgan fingerprint density at radius 2 is 1.70 bits per heavy atom. The quantitative estimate of drug-likeness (QED) is 0.654. The Balaban J connectivity index is 2.10. The number of hydrogen-bond donors (Lipinski definition) is 3. The molecule has 0 aliphatic carbocycles. The number of aromatic hydroxyl groups is 1. The summed E-state index contributed by atoms with van der Waals surface area (Å²) in [5, 5.41) is 9.40. The van der Waals surface area contributed by atoms with E-state index >= 15 is 0 Å². The summed E-state index contributed by atoms with van der Waals surface area (Å²) in [6.45, 7) is 0.470. The summed E-state index contributed by atoms with van der Waals surface area (Å²) in [4.78, 5) is 26.2. The van der Waals surface area contributed by atoms with Crippen molar-refractivity contribution in [2.24, 2.45) is 11.5 Å². The Bertz CT molecular complexity index is 735. The third-order valence-electron chi connectivity index (χ3n) is 4.01. The van der Waals surface area contributed by atoms with Crippen LogP contribution in [0.25, 0.3) is 0 Å². The fourth-order valence-electron chi connectivity index (χ4n) is 2.48. The number of carbonyl (C=O) groups excluding carboxylic acids is 2. The minimum absolute atomic E-state index is 0.00304. The zero-order valence-electron chi connectivity index (χ0n) is 15.1. The number of nitrogens with two attached hydrogens (primary N) is 2. The number of carbonyl (C=O) groups is 2. The third-order valence-corrected chi connectivity index (χ3v) is 4.01. The van der Waals surface area contributed by atoms with Crippen LogP contribution in [0.5, 0.6) is 5.75 Å². The highest BCUT2D eigenvalue weighted by molar-refractivity contribution is 5.94. The Kier molecular flexibility index (Phi) is 7.79. The second kappa shape index (κ2) is 10.3. The van der Waals surface area contributed by atoms with Gasteiger partial charge in [0.05, 0.1) is 12.6 Å². The number of phenolic OH excluding ortho intramolecular Hbond substituents is 1. The Morgan fingerprint density at radius 3 is 2.33 bits per heavy atom. The molecule has 0 aliphatic heterocycles. The maximum absolute atomic E-state index is 12.7. The van der Waals surface area contributed by atoms with Crippen molar-refractivity contribution in [1.82, 2.24) is 4.90 Å². The first-order valence-electron chi connectivity index (χ1n) is 8.77. The molecule has 2 rings (SSSR count). The topological polar surface area (TPSA) is 119 Å². The normalized spacial score (nSPS) is 11.6. The van der Waals surface area contributed by atoms with Gasteiger partial charge in [0.1, 0.15) is 12.4 Å². The fraction of sp³-hybridized carbons (Fsp3) is 0.300. The van der Waals surface area contributed by atoms with Gasteiger partial charge in [-0.3, -0.25) is 4.79 Å². The summed E-state index contributed by atoms with van der Waals surface area (Å²) in [7, 11) is 0. The smallest absolute Gasteiger partial charge is 0.417 e. The predicted molar refractivity (Wildman–Crippen MR) is 102 cm³/mol. The number of phenols is 1. The van der Waals surface area contributed by atoms with Gasteiger partial charge < -0.3 is 21.3 Å². The molecule has 0 bridgehead atoms. The van der Waals surface area contributed by atoms with Crippen LogP contribution >= 0.6 is 0 Å². The molecule has 2 aromatic carbocycles. The molecule has 0 spiro atoms.